The molecule has 0 aliphatic carbocycles. The molecule has 0 atom stereocenters. The van der Waals surface area contributed by atoms with Crippen LogP contribution in [0.15, 0.2) is 0 Å². The normalized spacial score (nSPS) is 6.00. The van der Waals surface area contributed by atoms with E-state index in [1.54, 1.807) is 7.11 Å². The SMILES string of the molecule is N[C]=O.[CH2]COC. The Hall–Kier alpha value is -0.570. The number of amides is 1. The van der Waals surface area contributed by atoms with Gasteiger partial charge in [-0.2, -0.15) is 0 Å². The van der Waals surface area contributed by atoms with Crippen LogP contribution in [0.25, 0.3) is 0 Å². The average molecular weight is 103 g/mol. The van der Waals surface area contributed by atoms with Crippen LogP contribution in [0, 0.1) is 6.92 Å². The van der Waals surface area contributed by atoms with Gasteiger partial charge in [0.1, 0.15) is 0 Å². The van der Waals surface area contributed by atoms with Gasteiger partial charge in [0.25, 0.3) is 0 Å². The Balaban J connectivity index is 0. The lowest BCUT2D eigenvalue weighted by Crippen LogP contribution is -1.82. The summed E-state index contributed by atoms with van der Waals surface area (Å²) in [6.07, 6.45) is 1.00. The Morgan fingerprint density at radius 1 is 2.00 bits per heavy atom. The molecule has 0 saturated heterocycles. The molecule has 0 rings (SSSR count). The third kappa shape index (κ3) is 346. The van der Waals surface area contributed by atoms with Crippen LogP contribution in [-0.2, 0) is 9.53 Å². The summed E-state index contributed by atoms with van der Waals surface area (Å²) in [7, 11) is 1.62. The number of hydrogen-bond acceptors (Lipinski definition) is 2. The molecule has 2 radical (unpaired) electrons. The van der Waals surface area contributed by atoms with Crippen LogP contribution in [0.3, 0.4) is 0 Å². The predicted octanol–water partition coefficient (Wildman–Crippen LogP) is -0.521. The quantitative estimate of drug-likeness (QED) is 0.454. The summed E-state index contributed by atoms with van der Waals surface area (Å²) in [5.41, 5.74) is 4.04. The van der Waals surface area contributed by atoms with Crippen molar-refractivity contribution in [2.45, 2.75) is 0 Å². The van der Waals surface area contributed by atoms with Gasteiger partial charge >= 0.3 is 6.41 Å². The summed E-state index contributed by atoms with van der Waals surface area (Å²) in [6.45, 7) is 3.95. The van der Waals surface area contributed by atoms with Crippen LogP contribution in [0.4, 0.5) is 0 Å². The highest BCUT2D eigenvalue weighted by atomic mass is 16.5. The summed E-state index contributed by atoms with van der Waals surface area (Å²) in [5.74, 6) is 0. The number of hydrogen-bond donors (Lipinski definition) is 1. The molecule has 0 aromatic heterocycles. The standard InChI is InChI=1S/C3H7O.CH2NO/c1-3-4-2;2-1-3/h1,3H2,2H3;(H2,2,3). The van der Waals surface area contributed by atoms with Crippen molar-refractivity contribution >= 4 is 6.41 Å². The molecular formula is C4H9NO2. The van der Waals surface area contributed by atoms with Gasteiger partial charge in [-0.25, -0.2) is 0 Å². The van der Waals surface area contributed by atoms with Crippen LogP contribution >= 0.6 is 0 Å². The second-order valence-corrected chi connectivity index (χ2v) is 0.611. The lowest BCUT2D eigenvalue weighted by molar-refractivity contribution is 0.232. The van der Waals surface area contributed by atoms with E-state index in [1.165, 1.54) is 0 Å². The van der Waals surface area contributed by atoms with Gasteiger partial charge in [-0.15, -0.1) is 0 Å². The first-order chi connectivity index (χ1) is 3.33. The van der Waals surface area contributed by atoms with Gasteiger partial charge in [0.15, 0.2) is 0 Å². The van der Waals surface area contributed by atoms with E-state index < -0.39 is 0 Å². The molecule has 3 heteroatoms. The molecular weight excluding hydrogens is 94.0 g/mol. The summed E-state index contributed by atoms with van der Waals surface area (Å²) >= 11 is 0. The molecule has 0 aromatic carbocycles. The molecule has 0 aromatic rings. The lowest BCUT2D eigenvalue weighted by atomic mass is 10.9. The largest absolute Gasteiger partial charge is 0.385 e. The molecule has 0 saturated carbocycles. The minimum atomic E-state index is 0.569. The van der Waals surface area contributed by atoms with Crippen LogP contribution in [-0.4, -0.2) is 20.1 Å². The topological polar surface area (TPSA) is 52.3 Å². The van der Waals surface area contributed by atoms with Gasteiger partial charge in [-0.1, -0.05) is 0 Å². The summed E-state index contributed by atoms with van der Waals surface area (Å²) < 4.78 is 4.43. The molecule has 3 nitrogen and oxygen atoms in total. The minimum Gasteiger partial charge on any atom is -0.385 e. The third-order valence-electron chi connectivity index (χ3n) is 0.204. The molecule has 1 amide bonds. The smallest absolute Gasteiger partial charge is 0.306 e. The van der Waals surface area contributed by atoms with E-state index in [0.29, 0.717) is 6.61 Å². The van der Waals surface area contributed by atoms with Crippen molar-refractivity contribution in [3.8, 4) is 0 Å². The second-order valence-electron chi connectivity index (χ2n) is 0.611. The number of nitrogens with two attached hydrogens (primary N) is 1. The third-order valence-corrected chi connectivity index (χ3v) is 0.204. The van der Waals surface area contributed by atoms with Crippen molar-refractivity contribution in [1.82, 2.24) is 0 Å². The fraction of sp³-hybridized carbons (Fsp3) is 0.500. The van der Waals surface area contributed by atoms with E-state index in [1.807, 2.05) is 0 Å². The van der Waals surface area contributed by atoms with E-state index >= 15 is 0 Å². The molecule has 0 aliphatic rings. The van der Waals surface area contributed by atoms with E-state index in [-0.39, 0.29) is 0 Å². The zero-order chi connectivity index (χ0) is 6.12. The summed E-state index contributed by atoms with van der Waals surface area (Å²) in [4.78, 5) is 8.46. The minimum absolute atomic E-state index is 0.569. The van der Waals surface area contributed by atoms with Crippen molar-refractivity contribution in [2.75, 3.05) is 13.7 Å². The van der Waals surface area contributed by atoms with Gasteiger partial charge in [-0.05, 0) is 6.92 Å². The molecule has 7 heavy (non-hydrogen) atoms. The highest BCUT2D eigenvalue weighted by Gasteiger charge is 1.51. The first-order valence-corrected chi connectivity index (χ1v) is 1.69. The Morgan fingerprint density at radius 2 is 2.14 bits per heavy atom. The Labute approximate surface area is 43.5 Å². The monoisotopic (exact) mass is 103 g/mol. The Kier molecular flexibility index (Phi) is 24.9. The molecule has 0 spiro atoms. The van der Waals surface area contributed by atoms with Crippen molar-refractivity contribution in [1.29, 1.82) is 0 Å². The lowest BCUT2D eigenvalue weighted by Gasteiger charge is -1.76. The molecule has 42 valence electrons. The first kappa shape index (κ1) is 9.66. The maximum absolute atomic E-state index is 8.46. The number of methoxy groups -OCH3 is 1. The van der Waals surface area contributed by atoms with Crippen molar-refractivity contribution < 1.29 is 9.53 Å². The molecule has 0 bridgehead atoms. The van der Waals surface area contributed by atoms with Gasteiger partial charge < -0.3 is 10.5 Å². The van der Waals surface area contributed by atoms with Crippen molar-refractivity contribution in [3.05, 3.63) is 6.92 Å². The molecule has 0 fully saturated rings. The number of ether oxygens (including phenoxy) is 1. The molecule has 0 unspecified atom stereocenters. The van der Waals surface area contributed by atoms with Gasteiger partial charge in [0, 0.05) is 13.7 Å². The van der Waals surface area contributed by atoms with E-state index in [4.69, 9.17) is 4.79 Å². The average Bonchev–Trinajstić information content (AvgIpc) is 1.69. The van der Waals surface area contributed by atoms with E-state index in [0.717, 1.165) is 6.41 Å². The number of carbonyl (C=O) groups excluding carboxylic acids is 1. The van der Waals surface area contributed by atoms with Gasteiger partial charge in [0.2, 0.25) is 0 Å². The highest BCUT2D eigenvalue weighted by molar-refractivity contribution is 5.43. The fourth-order valence-corrected chi connectivity index (χ4v) is 0. The van der Waals surface area contributed by atoms with Gasteiger partial charge in [-0.3, -0.25) is 4.79 Å². The summed E-state index contributed by atoms with van der Waals surface area (Å²) in [6, 6.07) is 0. The maximum Gasteiger partial charge on any atom is 0.306 e. The van der Waals surface area contributed by atoms with E-state index in [9.17, 15) is 0 Å². The Morgan fingerprint density at radius 3 is 2.14 bits per heavy atom. The van der Waals surface area contributed by atoms with Crippen LogP contribution in [0.1, 0.15) is 0 Å². The molecule has 2 N–H and O–H groups in total. The maximum atomic E-state index is 8.46. The second kappa shape index (κ2) is 18.0. The molecule has 0 heterocycles. The number of rotatable bonds is 1. The zero-order valence-corrected chi connectivity index (χ0v) is 4.31. The van der Waals surface area contributed by atoms with Crippen molar-refractivity contribution in [2.24, 2.45) is 5.73 Å². The van der Waals surface area contributed by atoms with Crippen LogP contribution in [0.2, 0.25) is 0 Å². The number of primary amides is 1. The fourth-order valence-electron chi connectivity index (χ4n) is 0. The van der Waals surface area contributed by atoms with Crippen molar-refractivity contribution in [3.63, 3.8) is 0 Å². The van der Waals surface area contributed by atoms with Crippen LogP contribution in [0.5, 0.6) is 0 Å². The molecule has 0 aliphatic heterocycles. The highest BCUT2D eigenvalue weighted by Crippen LogP contribution is 1.51. The van der Waals surface area contributed by atoms with Gasteiger partial charge in [0.05, 0.1) is 0 Å². The predicted molar refractivity (Wildman–Crippen MR) is 27.1 cm³/mol. The Bertz CT molecular complexity index is 28.9. The zero-order valence-electron chi connectivity index (χ0n) is 4.31. The first-order valence-electron chi connectivity index (χ1n) is 1.69. The van der Waals surface area contributed by atoms with E-state index in [2.05, 4.69) is 17.4 Å². The van der Waals surface area contributed by atoms with Crippen LogP contribution < -0.4 is 5.73 Å². The summed E-state index contributed by atoms with van der Waals surface area (Å²) in [5, 5.41) is 0.